The summed E-state index contributed by atoms with van der Waals surface area (Å²) in [5.41, 5.74) is -0.0924. The fourth-order valence-electron chi connectivity index (χ4n) is 1.15. The van der Waals surface area contributed by atoms with Gasteiger partial charge in [-0.2, -0.15) is 0 Å². The lowest BCUT2D eigenvalue weighted by Crippen LogP contribution is -2.28. The number of hydrogen-bond acceptors (Lipinski definition) is 6. The van der Waals surface area contributed by atoms with Gasteiger partial charge in [0.1, 0.15) is 0 Å². The second kappa shape index (κ2) is 7.14. The summed E-state index contributed by atoms with van der Waals surface area (Å²) in [6.45, 7) is 0.149. The molecule has 0 aliphatic carbocycles. The van der Waals surface area contributed by atoms with Gasteiger partial charge >= 0.3 is 5.97 Å². The molecular formula is C10H14N2O6S. The van der Waals surface area contributed by atoms with Crippen molar-refractivity contribution < 1.29 is 28.2 Å². The van der Waals surface area contributed by atoms with Crippen LogP contribution in [0.5, 0.6) is 0 Å². The van der Waals surface area contributed by atoms with Gasteiger partial charge < -0.3 is 14.9 Å². The van der Waals surface area contributed by atoms with E-state index in [0.29, 0.717) is 0 Å². The van der Waals surface area contributed by atoms with Gasteiger partial charge in [-0.1, -0.05) is 0 Å². The minimum atomic E-state index is -3.79. The number of aliphatic hydroxyl groups is 1. The highest BCUT2D eigenvalue weighted by molar-refractivity contribution is 7.89. The monoisotopic (exact) mass is 290 g/mol. The largest absolute Gasteiger partial charge is 0.478 e. The molecule has 0 bridgehead atoms. The molecule has 0 unspecified atom stereocenters. The summed E-state index contributed by atoms with van der Waals surface area (Å²) in [7, 11) is -3.79. The summed E-state index contributed by atoms with van der Waals surface area (Å²) in [5.74, 6) is -1.18. The molecule has 0 atom stereocenters. The molecule has 9 heteroatoms. The Kier molecular flexibility index (Phi) is 5.83. The molecule has 0 saturated heterocycles. The fraction of sp³-hybridized carbons (Fsp3) is 0.400. The molecule has 0 aliphatic heterocycles. The highest BCUT2D eigenvalue weighted by Gasteiger charge is 2.15. The smallest absolute Gasteiger partial charge is 0.337 e. The van der Waals surface area contributed by atoms with E-state index >= 15 is 0 Å². The number of aromatic nitrogens is 1. The predicted molar refractivity (Wildman–Crippen MR) is 64.3 cm³/mol. The Bertz CT molecular complexity index is 513. The summed E-state index contributed by atoms with van der Waals surface area (Å²) < 4.78 is 30.6. The zero-order chi connectivity index (χ0) is 14.3. The second-order valence-corrected chi connectivity index (χ2v) is 5.14. The normalized spacial score (nSPS) is 11.4. The van der Waals surface area contributed by atoms with Crippen LogP contribution in [-0.2, 0) is 14.8 Å². The quantitative estimate of drug-likeness (QED) is 0.528. The number of nitrogens with one attached hydrogen (secondary N) is 1. The van der Waals surface area contributed by atoms with Crippen LogP contribution >= 0.6 is 0 Å². The van der Waals surface area contributed by atoms with Gasteiger partial charge in [0.05, 0.1) is 25.4 Å². The maximum atomic E-state index is 11.7. The van der Waals surface area contributed by atoms with Gasteiger partial charge in [-0.3, -0.25) is 0 Å². The van der Waals surface area contributed by atoms with E-state index in [1.807, 2.05) is 0 Å². The number of sulfonamides is 1. The molecule has 0 aliphatic rings. The number of carbonyl (C=O) groups is 1. The first kappa shape index (κ1) is 15.5. The topological polar surface area (TPSA) is 126 Å². The summed E-state index contributed by atoms with van der Waals surface area (Å²) in [5, 5.41) is 16.8. The van der Waals surface area contributed by atoms with Crippen LogP contribution in [0.15, 0.2) is 23.4 Å². The molecule has 1 aromatic rings. The van der Waals surface area contributed by atoms with E-state index in [-0.39, 0.29) is 37.0 Å². The minimum Gasteiger partial charge on any atom is -0.478 e. The average molecular weight is 290 g/mol. The molecule has 0 fully saturated rings. The molecule has 1 heterocycles. The average Bonchev–Trinajstić information content (AvgIpc) is 2.38. The molecule has 0 saturated carbocycles. The Morgan fingerprint density at radius 3 is 2.63 bits per heavy atom. The first-order valence-corrected chi connectivity index (χ1v) is 6.83. The van der Waals surface area contributed by atoms with E-state index < -0.39 is 16.0 Å². The summed E-state index contributed by atoms with van der Waals surface area (Å²) >= 11 is 0. The summed E-state index contributed by atoms with van der Waals surface area (Å²) in [6, 6.07) is 2.27. The lowest BCUT2D eigenvalue weighted by atomic mass is 10.3. The van der Waals surface area contributed by atoms with Gasteiger partial charge in [0.15, 0.2) is 5.03 Å². The van der Waals surface area contributed by atoms with Crippen molar-refractivity contribution in [3.8, 4) is 0 Å². The fourth-order valence-corrected chi connectivity index (χ4v) is 2.09. The van der Waals surface area contributed by atoms with Crippen molar-refractivity contribution in [2.45, 2.75) is 5.03 Å². The van der Waals surface area contributed by atoms with Crippen molar-refractivity contribution in [2.24, 2.45) is 0 Å². The van der Waals surface area contributed by atoms with Crippen LogP contribution in [0.1, 0.15) is 10.4 Å². The maximum absolute atomic E-state index is 11.7. The lowest BCUT2D eigenvalue weighted by Gasteiger charge is -2.06. The third-order valence-electron chi connectivity index (χ3n) is 2.03. The molecular weight excluding hydrogens is 276 g/mol. The number of nitrogens with zero attached hydrogens (tertiary/aromatic N) is 1. The van der Waals surface area contributed by atoms with Gasteiger partial charge in [-0.25, -0.2) is 22.9 Å². The maximum Gasteiger partial charge on any atom is 0.337 e. The van der Waals surface area contributed by atoms with Crippen LogP contribution in [0.25, 0.3) is 0 Å². The number of carboxylic acid groups (broad SMARTS) is 1. The van der Waals surface area contributed by atoms with Crippen molar-refractivity contribution >= 4 is 16.0 Å². The molecule has 0 spiro atoms. The predicted octanol–water partition coefficient (Wildman–Crippen LogP) is -0.933. The first-order chi connectivity index (χ1) is 8.97. The van der Waals surface area contributed by atoms with Crippen molar-refractivity contribution in [2.75, 3.05) is 26.4 Å². The van der Waals surface area contributed by atoms with E-state index in [2.05, 4.69) is 9.71 Å². The number of aromatic carboxylic acids is 1. The van der Waals surface area contributed by atoms with Crippen LogP contribution in [0.2, 0.25) is 0 Å². The summed E-state index contributed by atoms with van der Waals surface area (Å²) in [4.78, 5) is 14.2. The number of pyridine rings is 1. The third kappa shape index (κ3) is 4.91. The van der Waals surface area contributed by atoms with E-state index in [9.17, 15) is 13.2 Å². The lowest BCUT2D eigenvalue weighted by molar-refractivity contribution is 0.0696. The van der Waals surface area contributed by atoms with E-state index in [4.69, 9.17) is 14.9 Å². The highest BCUT2D eigenvalue weighted by atomic mass is 32.2. The zero-order valence-electron chi connectivity index (χ0n) is 9.94. The molecule has 1 rings (SSSR count). The zero-order valence-corrected chi connectivity index (χ0v) is 10.8. The highest BCUT2D eigenvalue weighted by Crippen LogP contribution is 2.06. The molecule has 3 N–H and O–H groups in total. The van der Waals surface area contributed by atoms with Crippen molar-refractivity contribution in [3.63, 3.8) is 0 Å². The van der Waals surface area contributed by atoms with Crippen molar-refractivity contribution in [1.82, 2.24) is 9.71 Å². The molecule has 8 nitrogen and oxygen atoms in total. The van der Waals surface area contributed by atoms with Gasteiger partial charge in [0.25, 0.3) is 10.0 Å². The Hall–Kier alpha value is -1.55. The number of aliphatic hydroxyl groups excluding tert-OH is 1. The summed E-state index contributed by atoms with van der Waals surface area (Å²) in [6.07, 6.45) is 0.971. The molecule has 0 radical (unpaired) electrons. The van der Waals surface area contributed by atoms with Crippen LogP contribution in [0, 0.1) is 0 Å². The van der Waals surface area contributed by atoms with Crippen molar-refractivity contribution in [1.29, 1.82) is 0 Å². The molecule has 1 aromatic heterocycles. The molecule has 19 heavy (non-hydrogen) atoms. The van der Waals surface area contributed by atoms with E-state index in [1.54, 1.807) is 0 Å². The standard InChI is InChI=1S/C10H14N2O6S/c13-4-6-18-5-3-12-19(16,17)9-2-1-8(7-11-9)10(14)15/h1-2,7,12-13H,3-6H2,(H,14,15). The van der Waals surface area contributed by atoms with Gasteiger partial charge in [-0.15, -0.1) is 0 Å². The molecule has 106 valence electrons. The Morgan fingerprint density at radius 2 is 2.11 bits per heavy atom. The van der Waals surface area contributed by atoms with E-state index in [0.717, 1.165) is 18.3 Å². The first-order valence-electron chi connectivity index (χ1n) is 5.35. The Balaban J connectivity index is 2.59. The minimum absolute atomic E-state index is 0.0324. The van der Waals surface area contributed by atoms with Gasteiger partial charge in [0.2, 0.25) is 0 Å². The molecule has 0 aromatic carbocycles. The van der Waals surface area contributed by atoms with Crippen LogP contribution in [0.3, 0.4) is 0 Å². The Labute approximate surface area is 110 Å². The molecule has 0 amide bonds. The number of ether oxygens (including phenoxy) is 1. The SMILES string of the molecule is O=C(O)c1ccc(S(=O)(=O)NCCOCCO)nc1. The Morgan fingerprint density at radius 1 is 1.37 bits per heavy atom. The second-order valence-electron chi connectivity index (χ2n) is 3.42. The van der Waals surface area contributed by atoms with E-state index in [1.165, 1.54) is 0 Å². The third-order valence-corrected chi connectivity index (χ3v) is 3.41. The van der Waals surface area contributed by atoms with Crippen LogP contribution < -0.4 is 4.72 Å². The number of carboxylic acids is 1. The van der Waals surface area contributed by atoms with Gasteiger partial charge in [-0.05, 0) is 12.1 Å². The van der Waals surface area contributed by atoms with Crippen molar-refractivity contribution in [3.05, 3.63) is 23.9 Å². The number of hydrogen-bond donors (Lipinski definition) is 3. The number of rotatable bonds is 8. The van der Waals surface area contributed by atoms with Gasteiger partial charge in [0, 0.05) is 12.7 Å². The van der Waals surface area contributed by atoms with Crippen LogP contribution in [0.4, 0.5) is 0 Å². The van der Waals surface area contributed by atoms with Crippen LogP contribution in [-0.4, -0.2) is 55.9 Å².